The van der Waals surface area contributed by atoms with Gasteiger partial charge in [0, 0.05) is 19.0 Å². The van der Waals surface area contributed by atoms with Crippen LogP contribution in [0.15, 0.2) is 24.3 Å². The topological polar surface area (TPSA) is 46.9 Å². The second-order valence-corrected chi connectivity index (χ2v) is 6.34. The maximum Gasteiger partial charge on any atom is 0.261 e. The molecule has 0 aliphatic carbocycles. The molecule has 6 heteroatoms. The number of nitrogens with one attached hydrogen (secondary N) is 1. The molecule has 0 saturated heterocycles. The highest BCUT2D eigenvalue weighted by Crippen LogP contribution is 2.27. The summed E-state index contributed by atoms with van der Waals surface area (Å²) in [5.41, 5.74) is 2.26. The van der Waals surface area contributed by atoms with E-state index in [1.165, 1.54) is 17.4 Å². The minimum Gasteiger partial charge on any atom is -0.347 e. The molecule has 0 spiro atoms. The number of benzene rings is 1. The lowest BCUT2D eigenvalue weighted by Crippen LogP contribution is -2.21. The molecule has 0 radical (unpaired) electrons. The Morgan fingerprint density at radius 1 is 1.36 bits per heavy atom. The van der Waals surface area contributed by atoms with Crippen LogP contribution >= 0.6 is 11.3 Å². The molecule has 0 aliphatic rings. The molecule has 0 aliphatic heterocycles. The van der Waals surface area contributed by atoms with E-state index in [0.29, 0.717) is 17.0 Å². The van der Waals surface area contributed by atoms with Crippen LogP contribution in [0, 0.1) is 19.7 Å². The zero-order chi connectivity index (χ0) is 15.9. The number of aromatic nitrogens is 2. The molecule has 114 valence electrons. The van der Waals surface area contributed by atoms with Gasteiger partial charge in [0.05, 0.1) is 10.6 Å². The summed E-state index contributed by atoms with van der Waals surface area (Å²) in [6.45, 7) is 3.94. The number of halogens is 1. The molecule has 2 heterocycles. The number of thiophene rings is 1. The zero-order valence-electron chi connectivity index (χ0n) is 12.6. The van der Waals surface area contributed by atoms with Gasteiger partial charge in [-0.15, -0.1) is 11.3 Å². The second kappa shape index (κ2) is 5.53. The molecule has 1 N–H and O–H groups in total. The van der Waals surface area contributed by atoms with Gasteiger partial charge in [-0.25, -0.2) is 4.39 Å². The first-order valence-electron chi connectivity index (χ1n) is 6.92. The Bertz CT molecular complexity index is 831. The number of hydrogen-bond donors (Lipinski definition) is 1. The van der Waals surface area contributed by atoms with E-state index in [0.717, 1.165) is 21.5 Å². The van der Waals surface area contributed by atoms with Crippen LogP contribution in [0.3, 0.4) is 0 Å². The van der Waals surface area contributed by atoms with Crippen molar-refractivity contribution in [3.63, 3.8) is 0 Å². The van der Waals surface area contributed by atoms with Crippen molar-refractivity contribution in [2.24, 2.45) is 7.05 Å². The SMILES string of the molecule is Cc1ccc(CNC(=O)c2cc3c(C)nn(C)c3s2)cc1F. The zero-order valence-corrected chi connectivity index (χ0v) is 13.4. The Morgan fingerprint density at radius 2 is 2.14 bits per heavy atom. The van der Waals surface area contributed by atoms with Crippen molar-refractivity contribution < 1.29 is 9.18 Å². The predicted molar refractivity (Wildman–Crippen MR) is 85.6 cm³/mol. The van der Waals surface area contributed by atoms with Crippen LogP contribution in [0.2, 0.25) is 0 Å². The van der Waals surface area contributed by atoms with Gasteiger partial charge in [-0.3, -0.25) is 9.48 Å². The number of aryl methyl sites for hydroxylation is 3. The van der Waals surface area contributed by atoms with Crippen molar-refractivity contribution in [1.29, 1.82) is 0 Å². The van der Waals surface area contributed by atoms with E-state index in [4.69, 9.17) is 0 Å². The lowest BCUT2D eigenvalue weighted by atomic mass is 10.1. The fourth-order valence-corrected chi connectivity index (χ4v) is 3.37. The average molecular weight is 317 g/mol. The summed E-state index contributed by atoms with van der Waals surface area (Å²) in [6.07, 6.45) is 0. The summed E-state index contributed by atoms with van der Waals surface area (Å²) < 4.78 is 15.3. The van der Waals surface area contributed by atoms with E-state index in [-0.39, 0.29) is 11.7 Å². The molecule has 0 fully saturated rings. The van der Waals surface area contributed by atoms with Crippen LogP contribution in [-0.2, 0) is 13.6 Å². The Kier molecular flexibility index (Phi) is 3.70. The first kappa shape index (κ1) is 14.7. The smallest absolute Gasteiger partial charge is 0.261 e. The highest BCUT2D eigenvalue weighted by Gasteiger charge is 2.14. The molecule has 4 nitrogen and oxygen atoms in total. The molecule has 0 unspecified atom stereocenters. The van der Waals surface area contributed by atoms with Crippen molar-refractivity contribution >= 4 is 27.5 Å². The molecule has 3 aromatic rings. The Morgan fingerprint density at radius 3 is 2.82 bits per heavy atom. The van der Waals surface area contributed by atoms with Gasteiger partial charge in [0.15, 0.2) is 0 Å². The highest BCUT2D eigenvalue weighted by molar-refractivity contribution is 7.20. The van der Waals surface area contributed by atoms with Gasteiger partial charge in [0.25, 0.3) is 5.91 Å². The predicted octanol–water partition coefficient (Wildman–Crippen LogP) is 3.32. The molecule has 1 amide bonds. The summed E-state index contributed by atoms with van der Waals surface area (Å²) in [5.74, 6) is -0.406. The van der Waals surface area contributed by atoms with Crippen LogP contribution in [-0.4, -0.2) is 15.7 Å². The van der Waals surface area contributed by atoms with Crippen LogP contribution < -0.4 is 5.32 Å². The maximum absolute atomic E-state index is 13.5. The Hall–Kier alpha value is -2.21. The van der Waals surface area contributed by atoms with Gasteiger partial charge in [0.1, 0.15) is 10.6 Å². The Labute approximate surface area is 131 Å². The number of carbonyl (C=O) groups excluding carboxylic acids is 1. The molecular formula is C16H16FN3OS. The van der Waals surface area contributed by atoms with Crippen molar-refractivity contribution in [2.45, 2.75) is 20.4 Å². The van der Waals surface area contributed by atoms with Gasteiger partial charge in [-0.05, 0) is 37.1 Å². The number of carbonyl (C=O) groups is 1. The van der Waals surface area contributed by atoms with Gasteiger partial charge in [-0.2, -0.15) is 5.10 Å². The van der Waals surface area contributed by atoms with Crippen LogP contribution in [0.4, 0.5) is 4.39 Å². The number of rotatable bonds is 3. The van der Waals surface area contributed by atoms with E-state index >= 15 is 0 Å². The monoisotopic (exact) mass is 317 g/mol. The fraction of sp³-hybridized carbons (Fsp3) is 0.250. The van der Waals surface area contributed by atoms with Crippen LogP contribution in [0.1, 0.15) is 26.5 Å². The van der Waals surface area contributed by atoms with E-state index < -0.39 is 0 Å². The Balaban J connectivity index is 1.75. The third kappa shape index (κ3) is 2.62. The van der Waals surface area contributed by atoms with E-state index in [1.54, 1.807) is 17.7 Å². The number of fused-ring (bicyclic) bond motifs is 1. The van der Waals surface area contributed by atoms with Crippen molar-refractivity contribution in [1.82, 2.24) is 15.1 Å². The standard InChI is InChI=1S/C16H16FN3OS/c1-9-4-5-11(6-13(9)17)8-18-15(21)14-7-12-10(2)19-20(3)16(12)22-14/h4-7H,8H2,1-3H3,(H,18,21). The minimum atomic E-state index is -0.254. The number of hydrogen-bond acceptors (Lipinski definition) is 3. The second-order valence-electron chi connectivity index (χ2n) is 5.30. The molecule has 22 heavy (non-hydrogen) atoms. The normalized spacial score (nSPS) is 11.1. The van der Waals surface area contributed by atoms with Crippen LogP contribution in [0.25, 0.3) is 10.2 Å². The van der Waals surface area contributed by atoms with Crippen molar-refractivity contribution in [3.8, 4) is 0 Å². The number of amides is 1. The van der Waals surface area contributed by atoms with Crippen molar-refractivity contribution in [3.05, 3.63) is 51.8 Å². The van der Waals surface area contributed by atoms with E-state index in [1.807, 2.05) is 26.1 Å². The fourth-order valence-electron chi connectivity index (χ4n) is 2.33. The third-order valence-corrected chi connectivity index (χ3v) is 4.81. The molecule has 1 aromatic carbocycles. The largest absolute Gasteiger partial charge is 0.347 e. The third-order valence-electron chi connectivity index (χ3n) is 3.61. The quantitative estimate of drug-likeness (QED) is 0.805. The maximum atomic E-state index is 13.5. The summed E-state index contributed by atoms with van der Waals surface area (Å²) in [5, 5.41) is 8.14. The van der Waals surface area contributed by atoms with E-state index in [9.17, 15) is 9.18 Å². The summed E-state index contributed by atoms with van der Waals surface area (Å²) in [4.78, 5) is 13.8. The minimum absolute atomic E-state index is 0.151. The van der Waals surface area contributed by atoms with Gasteiger partial charge >= 0.3 is 0 Å². The molecule has 3 rings (SSSR count). The van der Waals surface area contributed by atoms with Gasteiger partial charge in [0.2, 0.25) is 0 Å². The summed E-state index contributed by atoms with van der Waals surface area (Å²) >= 11 is 1.41. The van der Waals surface area contributed by atoms with Gasteiger partial charge < -0.3 is 5.32 Å². The lowest BCUT2D eigenvalue weighted by molar-refractivity contribution is 0.0955. The molecule has 0 saturated carbocycles. The summed E-state index contributed by atoms with van der Waals surface area (Å²) in [7, 11) is 1.86. The molecule has 0 atom stereocenters. The first-order chi connectivity index (χ1) is 10.5. The number of nitrogens with zero attached hydrogens (tertiary/aromatic N) is 2. The summed E-state index contributed by atoms with van der Waals surface area (Å²) in [6, 6.07) is 6.84. The molecule has 0 bridgehead atoms. The average Bonchev–Trinajstić information content (AvgIpc) is 3.02. The first-order valence-corrected chi connectivity index (χ1v) is 7.73. The molecular weight excluding hydrogens is 301 g/mol. The molecule has 2 aromatic heterocycles. The van der Waals surface area contributed by atoms with Crippen LogP contribution in [0.5, 0.6) is 0 Å². The van der Waals surface area contributed by atoms with Crippen molar-refractivity contribution in [2.75, 3.05) is 0 Å². The lowest BCUT2D eigenvalue weighted by Gasteiger charge is -2.05. The van der Waals surface area contributed by atoms with E-state index in [2.05, 4.69) is 10.4 Å². The highest BCUT2D eigenvalue weighted by atomic mass is 32.1. The van der Waals surface area contributed by atoms with Gasteiger partial charge in [-0.1, -0.05) is 12.1 Å².